The van der Waals surface area contributed by atoms with Crippen molar-refractivity contribution in [3.8, 4) is 11.5 Å². The maximum Gasteiger partial charge on any atom is 0.306 e. The van der Waals surface area contributed by atoms with Crippen LogP contribution >= 0.6 is 10.3 Å². The smallest absolute Gasteiger partial charge is 0.306 e. The molecule has 0 saturated carbocycles. The number of rotatable bonds is 10. The zero-order valence-electron chi connectivity index (χ0n) is 20.8. The second kappa shape index (κ2) is 11.2. The second-order valence-corrected chi connectivity index (χ2v) is 12.8. The molecule has 8 heteroatoms. The predicted octanol–water partition coefficient (Wildman–Crippen LogP) is 6.44. The molecular weight excluding hydrogens is 508 g/mol. The average molecular weight is 537 g/mol. The van der Waals surface area contributed by atoms with Gasteiger partial charge in [-0.25, -0.2) is 3.63 Å². The summed E-state index contributed by atoms with van der Waals surface area (Å²) >= 11 is 0. The van der Waals surface area contributed by atoms with Gasteiger partial charge in [0.15, 0.2) is 5.78 Å². The highest BCUT2D eigenvalue weighted by atomic mass is 32.3. The van der Waals surface area contributed by atoms with Crippen molar-refractivity contribution < 1.29 is 26.3 Å². The van der Waals surface area contributed by atoms with Gasteiger partial charge in [-0.1, -0.05) is 64.4 Å². The standard InChI is InChI=1S/C29H28O6S2/c1-22-14-17-26(18-15-22)37(31,32)35-36(24-10-6-4-7-11-24,25-12-8-5-9-13-25)21-28(30)27-20-23(33-2)16-19-29(27)34-3/h4-20H,21H2,1-3H3. The number of aryl methyl sites for hydroxylation is 1. The van der Waals surface area contributed by atoms with E-state index in [4.69, 9.17) is 13.1 Å². The maximum atomic E-state index is 13.9. The Bertz CT molecular complexity index is 1430. The molecule has 0 radical (unpaired) electrons. The number of carbonyl (C=O) groups is 1. The number of methoxy groups -OCH3 is 2. The molecule has 4 rings (SSSR count). The summed E-state index contributed by atoms with van der Waals surface area (Å²) in [5, 5.41) is 0. The van der Waals surface area contributed by atoms with Gasteiger partial charge in [0.05, 0.1) is 30.4 Å². The van der Waals surface area contributed by atoms with E-state index in [1.54, 1.807) is 78.9 Å². The molecule has 0 saturated heterocycles. The minimum Gasteiger partial charge on any atom is -0.497 e. The molecule has 0 amide bonds. The molecule has 0 aliphatic carbocycles. The van der Waals surface area contributed by atoms with E-state index in [2.05, 4.69) is 0 Å². The van der Waals surface area contributed by atoms with E-state index in [1.807, 2.05) is 19.1 Å². The number of hydrogen-bond acceptors (Lipinski definition) is 6. The van der Waals surface area contributed by atoms with E-state index in [9.17, 15) is 13.2 Å². The molecule has 37 heavy (non-hydrogen) atoms. The number of benzene rings is 4. The highest BCUT2D eigenvalue weighted by molar-refractivity contribution is 8.33. The summed E-state index contributed by atoms with van der Waals surface area (Å²) in [4.78, 5) is 15.2. The fraction of sp³-hybridized carbons (Fsp3) is 0.138. The Kier molecular flexibility index (Phi) is 8.02. The van der Waals surface area contributed by atoms with Crippen LogP contribution in [0.3, 0.4) is 0 Å². The first-order valence-electron chi connectivity index (χ1n) is 11.5. The van der Waals surface area contributed by atoms with Crippen LogP contribution in [-0.4, -0.2) is 34.2 Å². The quantitative estimate of drug-likeness (QED) is 0.217. The minimum absolute atomic E-state index is 0.0215. The van der Waals surface area contributed by atoms with Crippen LogP contribution in [0.5, 0.6) is 11.5 Å². The summed E-state index contributed by atoms with van der Waals surface area (Å²) in [5.74, 6) is 0.284. The fourth-order valence-corrected chi connectivity index (χ4v) is 9.03. The molecule has 0 bridgehead atoms. The largest absolute Gasteiger partial charge is 0.497 e. The van der Waals surface area contributed by atoms with Crippen LogP contribution in [0.4, 0.5) is 0 Å². The van der Waals surface area contributed by atoms with Crippen molar-refractivity contribution in [1.82, 2.24) is 0 Å². The number of hydrogen-bond donors (Lipinski definition) is 0. The van der Waals surface area contributed by atoms with Crippen molar-refractivity contribution in [2.75, 3.05) is 20.0 Å². The Morgan fingerprint density at radius 1 is 0.703 bits per heavy atom. The van der Waals surface area contributed by atoms with Gasteiger partial charge in [-0.05, 0) is 61.5 Å². The van der Waals surface area contributed by atoms with Gasteiger partial charge in [-0.2, -0.15) is 8.42 Å². The van der Waals surface area contributed by atoms with Gasteiger partial charge in [-0.15, -0.1) is 0 Å². The third-order valence-corrected chi connectivity index (χ3v) is 11.0. The Morgan fingerprint density at radius 2 is 1.27 bits per heavy atom. The summed E-state index contributed by atoms with van der Waals surface area (Å²) in [5.41, 5.74) is 1.20. The zero-order valence-corrected chi connectivity index (χ0v) is 22.4. The van der Waals surface area contributed by atoms with Gasteiger partial charge in [-0.3, -0.25) is 4.79 Å². The van der Waals surface area contributed by atoms with Crippen LogP contribution in [0.25, 0.3) is 0 Å². The number of carbonyl (C=O) groups excluding carboxylic acids is 1. The fourth-order valence-electron chi connectivity index (χ4n) is 3.88. The lowest BCUT2D eigenvalue weighted by molar-refractivity contribution is 0.101. The van der Waals surface area contributed by atoms with Crippen LogP contribution < -0.4 is 9.47 Å². The van der Waals surface area contributed by atoms with Crippen LogP contribution in [0.1, 0.15) is 15.9 Å². The van der Waals surface area contributed by atoms with Gasteiger partial charge in [0.2, 0.25) is 0 Å². The monoisotopic (exact) mass is 536 g/mol. The molecule has 6 nitrogen and oxygen atoms in total. The molecular formula is C29H28O6S2. The van der Waals surface area contributed by atoms with Crippen molar-refractivity contribution in [2.45, 2.75) is 21.6 Å². The summed E-state index contributed by atoms with van der Waals surface area (Å²) in [6.45, 7) is 1.88. The Hall–Kier alpha value is -3.59. The first kappa shape index (κ1) is 26.5. The average Bonchev–Trinajstić information content (AvgIpc) is 2.93. The molecule has 0 N–H and O–H groups in total. The van der Waals surface area contributed by atoms with Gasteiger partial charge < -0.3 is 9.47 Å². The number of Topliss-reactive ketones (excluding diaryl/α,β-unsaturated/α-hetero) is 1. The maximum absolute atomic E-state index is 13.9. The first-order valence-corrected chi connectivity index (χ1v) is 14.6. The molecule has 0 aromatic heterocycles. The predicted molar refractivity (Wildman–Crippen MR) is 145 cm³/mol. The lowest BCUT2D eigenvalue weighted by atomic mass is 10.1. The highest BCUT2D eigenvalue weighted by Crippen LogP contribution is 2.65. The SMILES string of the molecule is COc1ccc(OC)c(C(=O)CS(OS(=O)(=O)c2ccc(C)cc2)(c2ccccc2)c2ccccc2)c1. The molecule has 0 aliphatic heterocycles. The van der Waals surface area contributed by atoms with Gasteiger partial charge in [0.1, 0.15) is 11.5 Å². The van der Waals surface area contributed by atoms with E-state index in [0.717, 1.165) is 5.56 Å². The van der Waals surface area contributed by atoms with Gasteiger partial charge in [0.25, 0.3) is 0 Å². The Morgan fingerprint density at radius 3 is 1.78 bits per heavy atom. The lowest BCUT2D eigenvalue weighted by Gasteiger charge is -2.38. The van der Waals surface area contributed by atoms with Crippen molar-refractivity contribution in [2.24, 2.45) is 0 Å². The number of ketones is 1. The summed E-state index contributed by atoms with van der Waals surface area (Å²) < 4.78 is 44.4. The third kappa shape index (κ3) is 5.72. The normalized spacial score (nSPS) is 12.1. The van der Waals surface area contributed by atoms with E-state index in [1.165, 1.54) is 26.4 Å². The molecule has 0 unspecified atom stereocenters. The summed E-state index contributed by atoms with van der Waals surface area (Å²) in [6, 6.07) is 29.5. The van der Waals surface area contributed by atoms with E-state index >= 15 is 0 Å². The Labute approximate surface area is 219 Å². The molecule has 0 atom stereocenters. The zero-order chi connectivity index (χ0) is 26.5. The summed E-state index contributed by atoms with van der Waals surface area (Å²) in [6.07, 6.45) is 0. The topological polar surface area (TPSA) is 78.9 Å². The molecule has 4 aromatic carbocycles. The molecule has 4 aromatic rings. The third-order valence-electron chi connectivity index (χ3n) is 5.80. The summed E-state index contributed by atoms with van der Waals surface area (Å²) in [7, 11) is -4.17. The Balaban J connectivity index is 1.91. The lowest BCUT2D eigenvalue weighted by Crippen LogP contribution is -2.21. The van der Waals surface area contributed by atoms with E-state index in [0.29, 0.717) is 21.3 Å². The second-order valence-electron chi connectivity index (χ2n) is 8.27. The first-order chi connectivity index (χ1) is 17.8. The minimum atomic E-state index is -4.26. The number of ether oxygens (including phenoxy) is 2. The van der Waals surface area contributed by atoms with Crippen LogP contribution in [-0.2, 0) is 13.7 Å². The van der Waals surface area contributed by atoms with Crippen LogP contribution in [0.15, 0.2) is 118 Å². The van der Waals surface area contributed by atoms with Crippen molar-refractivity contribution >= 4 is 26.2 Å². The van der Waals surface area contributed by atoms with E-state index in [-0.39, 0.29) is 22.0 Å². The molecule has 0 aliphatic rings. The van der Waals surface area contributed by atoms with Crippen LogP contribution in [0.2, 0.25) is 0 Å². The van der Waals surface area contributed by atoms with Crippen LogP contribution in [0, 0.1) is 6.92 Å². The molecule has 192 valence electrons. The van der Waals surface area contributed by atoms with Crippen molar-refractivity contribution in [3.63, 3.8) is 0 Å². The van der Waals surface area contributed by atoms with Gasteiger partial charge >= 0.3 is 10.1 Å². The molecule has 0 heterocycles. The molecule has 0 fully saturated rings. The van der Waals surface area contributed by atoms with Crippen molar-refractivity contribution in [1.29, 1.82) is 0 Å². The van der Waals surface area contributed by atoms with Gasteiger partial charge in [0, 0.05) is 9.79 Å². The van der Waals surface area contributed by atoms with Crippen molar-refractivity contribution in [3.05, 3.63) is 114 Å². The highest BCUT2D eigenvalue weighted by Gasteiger charge is 2.39. The molecule has 0 spiro atoms. The van der Waals surface area contributed by atoms with E-state index < -0.39 is 20.4 Å².